The molecule has 0 saturated carbocycles. The zero-order valence-corrected chi connectivity index (χ0v) is 5.70. The standard InChI is InChI=1S/C7H10N2/c1-7(2)5-3-4-6-8-9-7/h3-6H,1-2H3. The lowest BCUT2D eigenvalue weighted by Crippen LogP contribution is -2.09. The third-order valence-corrected chi connectivity index (χ3v) is 1.08. The van der Waals surface area contributed by atoms with Crippen molar-refractivity contribution in [2.75, 3.05) is 0 Å². The molecule has 0 unspecified atom stereocenters. The Kier molecular flexibility index (Phi) is 1.47. The van der Waals surface area contributed by atoms with Crippen molar-refractivity contribution in [2.24, 2.45) is 10.2 Å². The van der Waals surface area contributed by atoms with Gasteiger partial charge in [-0.2, -0.15) is 10.2 Å². The number of rotatable bonds is 0. The summed E-state index contributed by atoms with van der Waals surface area (Å²) in [5.74, 6) is 0. The van der Waals surface area contributed by atoms with E-state index >= 15 is 0 Å². The monoisotopic (exact) mass is 122 g/mol. The van der Waals surface area contributed by atoms with Gasteiger partial charge in [0.15, 0.2) is 0 Å². The van der Waals surface area contributed by atoms with Crippen LogP contribution in [0.1, 0.15) is 13.8 Å². The highest BCUT2D eigenvalue weighted by Crippen LogP contribution is 2.13. The maximum Gasteiger partial charge on any atom is 0.0946 e. The van der Waals surface area contributed by atoms with E-state index in [4.69, 9.17) is 0 Å². The smallest absolute Gasteiger partial charge is 0.0946 e. The molecule has 0 aliphatic carbocycles. The van der Waals surface area contributed by atoms with Crippen molar-refractivity contribution in [3.63, 3.8) is 0 Å². The van der Waals surface area contributed by atoms with E-state index in [9.17, 15) is 0 Å². The van der Waals surface area contributed by atoms with Crippen LogP contribution in [-0.2, 0) is 0 Å². The quantitative estimate of drug-likeness (QED) is 0.471. The van der Waals surface area contributed by atoms with Gasteiger partial charge in [-0.05, 0) is 19.9 Å². The minimum Gasteiger partial charge on any atom is -0.179 e. The Morgan fingerprint density at radius 2 is 2.00 bits per heavy atom. The highest BCUT2D eigenvalue weighted by molar-refractivity contribution is 5.11. The molecule has 0 spiro atoms. The van der Waals surface area contributed by atoms with Crippen LogP contribution in [0.4, 0.5) is 0 Å². The van der Waals surface area contributed by atoms with Gasteiger partial charge in [-0.3, -0.25) is 0 Å². The summed E-state index contributed by atoms with van der Waals surface area (Å²) in [6.07, 6.45) is 7.53. The molecule has 0 aromatic heterocycles. The molecule has 1 aliphatic rings. The molecule has 2 nitrogen and oxygen atoms in total. The van der Waals surface area contributed by atoms with Crippen LogP contribution >= 0.6 is 0 Å². The summed E-state index contributed by atoms with van der Waals surface area (Å²) in [7, 11) is 0. The molecular formula is C7H10N2. The first-order valence-corrected chi connectivity index (χ1v) is 2.97. The Morgan fingerprint density at radius 3 is 2.78 bits per heavy atom. The third kappa shape index (κ3) is 1.80. The van der Waals surface area contributed by atoms with Crippen LogP contribution in [0, 0.1) is 0 Å². The van der Waals surface area contributed by atoms with Gasteiger partial charge >= 0.3 is 0 Å². The first-order valence-electron chi connectivity index (χ1n) is 2.97. The van der Waals surface area contributed by atoms with E-state index in [1.54, 1.807) is 6.20 Å². The average molecular weight is 122 g/mol. The Morgan fingerprint density at radius 1 is 1.22 bits per heavy atom. The maximum absolute atomic E-state index is 4.01. The summed E-state index contributed by atoms with van der Waals surface area (Å²) in [4.78, 5) is 0. The molecule has 0 saturated heterocycles. The topological polar surface area (TPSA) is 24.7 Å². The zero-order valence-electron chi connectivity index (χ0n) is 5.70. The van der Waals surface area contributed by atoms with Gasteiger partial charge in [0, 0.05) is 6.20 Å². The highest BCUT2D eigenvalue weighted by Gasteiger charge is 2.10. The normalized spacial score (nSPS) is 22.0. The van der Waals surface area contributed by atoms with Gasteiger partial charge in [0.2, 0.25) is 0 Å². The fraction of sp³-hybridized carbons (Fsp3) is 0.429. The molecule has 1 aliphatic heterocycles. The lowest BCUT2D eigenvalue weighted by Gasteiger charge is -2.09. The molecule has 48 valence electrons. The molecule has 0 aromatic rings. The Bertz CT molecular complexity index is 157. The minimum atomic E-state index is -0.122. The second-order valence-corrected chi connectivity index (χ2v) is 2.57. The van der Waals surface area contributed by atoms with Gasteiger partial charge in [0.25, 0.3) is 0 Å². The fourth-order valence-electron chi connectivity index (χ4n) is 0.595. The molecule has 0 N–H and O–H groups in total. The van der Waals surface area contributed by atoms with E-state index < -0.39 is 0 Å². The predicted octanol–water partition coefficient (Wildman–Crippen LogP) is 2.30. The van der Waals surface area contributed by atoms with E-state index in [0.717, 1.165) is 0 Å². The molecule has 1 heterocycles. The second kappa shape index (κ2) is 2.13. The van der Waals surface area contributed by atoms with Gasteiger partial charge in [-0.1, -0.05) is 12.2 Å². The molecule has 0 amide bonds. The van der Waals surface area contributed by atoms with Crippen molar-refractivity contribution >= 4 is 0 Å². The van der Waals surface area contributed by atoms with Crippen molar-refractivity contribution in [3.8, 4) is 0 Å². The zero-order chi connectivity index (χ0) is 6.74. The van der Waals surface area contributed by atoms with Crippen molar-refractivity contribution < 1.29 is 0 Å². The second-order valence-electron chi connectivity index (χ2n) is 2.57. The van der Waals surface area contributed by atoms with E-state index in [1.165, 1.54) is 0 Å². The van der Waals surface area contributed by atoms with Gasteiger partial charge in [-0.25, -0.2) is 0 Å². The highest BCUT2D eigenvalue weighted by atomic mass is 15.1. The van der Waals surface area contributed by atoms with Crippen LogP contribution in [0.15, 0.2) is 34.7 Å². The average Bonchev–Trinajstić information content (AvgIpc) is 1.92. The van der Waals surface area contributed by atoms with Crippen LogP contribution in [0.2, 0.25) is 0 Å². The molecule has 0 atom stereocenters. The predicted molar refractivity (Wildman–Crippen MR) is 37.2 cm³/mol. The van der Waals surface area contributed by atoms with E-state index in [2.05, 4.69) is 10.2 Å². The van der Waals surface area contributed by atoms with Crippen molar-refractivity contribution in [3.05, 3.63) is 24.4 Å². The van der Waals surface area contributed by atoms with Gasteiger partial charge in [0.05, 0.1) is 5.54 Å². The van der Waals surface area contributed by atoms with Crippen LogP contribution < -0.4 is 0 Å². The van der Waals surface area contributed by atoms with Crippen LogP contribution in [-0.4, -0.2) is 5.54 Å². The first kappa shape index (κ1) is 6.20. The Hall–Kier alpha value is -0.920. The fourth-order valence-corrected chi connectivity index (χ4v) is 0.595. The summed E-state index contributed by atoms with van der Waals surface area (Å²) in [5.41, 5.74) is -0.122. The molecule has 1 rings (SSSR count). The number of allylic oxidation sites excluding steroid dienone is 2. The molecule has 9 heavy (non-hydrogen) atoms. The molecule has 0 radical (unpaired) electrons. The molecular weight excluding hydrogens is 112 g/mol. The molecule has 2 heteroatoms. The number of nitrogens with zero attached hydrogens (tertiary/aromatic N) is 2. The summed E-state index contributed by atoms with van der Waals surface area (Å²) >= 11 is 0. The van der Waals surface area contributed by atoms with Crippen LogP contribution in [0.3, 0.4) is 0 Å². The van der Waals surface area contributed by atoms with Gasteiger partial charge < -0.3 is 0 Å². The Balaban J connectivity index is 2.82. The van der Waals surface area contributed by atoms with E-state index in [-0.39, 0.29) is 5.54 Å². The van der Waals surface area contributed by atoms with Crippen molar-refractivity contribution in [1.82, 2.24) is 0 Å². The molecule has 0 bridgehead atoms. The molecule has 0 aromatic carbocycles. The number of azo groups is 1. The largest absolute Gasteiger partial charge is 0.179 e. The third-order valence-electron chi connectivity index (χ3n) is 1.08. The van der Waals surface area contributed by atoms with Gasteiger partial charge in [0.1, 0.15) is 0 Å². The summed E-state index contributed by atoms with van der Waals surface area (Å²) in [5, 5.41) is 7.81. The summed E-state index contributed by atoms with van der Waals surface area (Å²) in [6.45, 7) is 4.03. The SMILES string of the molecule is CC1(C)C=CC=CN=N1. The van der Waals surface area contributed by atoms with Crippen LogP contribution in [0.5, 0.6) is 0 Å². The maximum atomic E-state index is 4.01. The van der Waals surface area contributed by atoms with Crippen LogP contribution in [0.25, 0.3) is 0 Å². The minimum absolute atomic E-state index is 0.122. The number of hydrogen-bond donors (Lipinski definition) is 0. The van der Waals surface area contributed by atoms with Crippen molar-refractivity contribution in [1.29, 1.82) is 0 Å². The summed E-state index contributed by atoms with van der Waals surface area (Å²) in [6, 6.07) is 0. The lowest BCUT2D eigenvalue weighted by atomic mass is 10.1. The number of hydrogen-bond acceptors (Lipinski definition) is 2. The first-order chi connectivity index (χ1) is 4.21. The Labute approximate surface area is 55.0 Å². The molecule has 0 fully saturated rings. The summed E-state index contributed by atoms with van der Waals surface area (Å²) < 4.78 is 0. The van der Waals surface area contributed by atoms with Gasteiger partial charge in [-0.15, -0.1) is 0 Å². The van der Waals surface area contributed by atoms with Crippen molar-refractivity contribution in [2.45, 2.75) is 19.4 Å². The lowest BCUT2D eigenvalue weighted by molar-refractivity contribution is 0.621. The van der Waals surface area contributed by atoms with E-state index in [0.29, 0.717) is 0 Å². The van der Waals surface area contributed by atoms with E-state index in [1.807, 2.05) is 32.1 Å².